The minimum Gasteiger partial charge on any atom is -0.488 e. The molecule has 1 heterocycles. The molecule has 0 aliphatic heterocycles. The zero-order valence-corrected chi connectivity index (χ0v) is 15.9. The lowest BCUT2D eigenvalue weighted by molar-refractivity contribution is -0.118. The van der Waals surface area contributed by atoms with Gasteiger partial charge in [-0.3, -0.25) is 10.1 Å². The van der Waals surface area contributed by atoms with Crippen LogP contribution < -0.4 is 20.5 Å². The summed E-state index contributed by atoms with van der Waals surface area (Å²) < 4.78 is 15.8. The van der Waals surface area contributed by atoms with Gasteiger partial charge in [0.05, 0.1) is 18.7 Å². The number of ether oxygens (including phenoxy) is 3. The number of nitrogens with one attached hydrogen (secondary N) is 1. The third-order valence-electron chi connectivity index (χ3n) is 3.47. The van der Waals surface area contributed by atoms with E-state index in [1.165, 1.54) is 12.3 Å². The van der Waals surface area contributed by atoms with E-state index in [-0.39, 0.29) is 36.4 Å². The number of carbonyl (C=O) groups is 3. The van der Waals surface area contributed by atoms with Crippen molar-refractivity contribution in [1.82, 2.24) is 10.3 Å². The maximum atomic E-state index is 12.4. The smallest absolute Gasteiger partial charge is 0.420 e. The van der Waals surface area contributed by atoms with Crippen LogP contribution in [0, 0.1) is 0 Å². The molecule has 0 bridgehead atoms. The van der Waals surface area contributed by atoms with E-state index in [0.717, 1.165) is 25.7 Å². The molecule has 2 amide bonds. The molecule has 3 N–H and O–H groups in total. The van der Waals surface area contributed by atoms with Gasteiger partial charge in [0.2, 0.25) is 5.91 Å². The molecule has 27 heavy (non-hydrogen) atoms. The SMILES string of the molecule is CCCC(CCC)OC(=O)c1cnc(OC(=O)NC(=O)CN)c(OCC)c1. The van der Waals surface area contributed by atoms with Crippen LogP contribution in [0.1, 0.15) is 56.8 Å². The summed E-state index contributed by atoms with van der Waals surface area (Å²) in [4.78, 5) is 39.1. The Kier molecular flexibility index (Phi) is 9.81. The largest absolute Gasteiger partial charge is 0.488 e. The van der Waals surface area contributed by atoms with Gasteiger partial charge < -0.3 is 19.9 Å². The van der Waals surface area contributed by atoms with E-state index >= 15 is 0 Å². The van der Waals surface area contributed by atoms with Crippen LogP contribution in [-0.4, -0.2) is 42.2 Å². The first-order valence-electron chi connectivity index (χ1n) is 9.00. The van der Waals surface area contributed by atoms with Crippen LogP contribution in [0.25, 0.3) is 0 Å². The monoisotopic (exact) mass is 381 g/mol. The van der Waals surface area contributed by atoms with Crippen molar-refractivity contribution < 1.29 is 28.6 Å². The molecule has 0 aromatic carbocycles. The number of aromatic nitrogens is 1. The molecule has 0 fully saturated rings. The van der Waals surface area contributed by atoms with Crippen molar-refractivity contribution >= 4 is 18.0 Å². The quantitative estimate of drug-likeness (QED) is 0.590. The van der Waals surface area contributed by atoms with E-state index in [0.29, 0.717) is 0 Å². The number of hydrogen-bond donors (Lipinski definition) is 2. The summed E-state index contributed by atoms with van der Waals surface area (Å²) in [5, 5.41) is 1.93. The second-order valence-electron chi connectivity index (χ2n) is 5.71. The van der Waals surface area contributed by atoms with Crippen LogP contribution in [0.2, 0.25) is 0 Å². The molecule has 0 aliphatic carbocycles. The van der Waals surface area contributed by atoms with Crippen LogP contribution in [-0.2, 0) is 9.53 Å². The summed E-state index contributed by atoms with van der Waals surface area (Å²) in [5.41, 5.74) is 5.30. The first-order chi connectivity index (χ1) is 12.9. The van der Waals surface area contributed by atoms with Gasteiger partial charge in [0.25, 0.3) is 5.88 Å². The van der Waals surface area contributed by atoms with Crippen LogP contribution in [0.5, 0.6) is 11.6 Å². The summed E-state index contributed by atoms with van der Waals surface area (Å²) in [5.74, 6) is -1.31. The van der Waals surface area contributed by atoms with Crippen LogP contribution >= 0.6 is 0 Å². The maximum Gasteiger partial charge on any atom is 0.420 e. The number of carbonyl (C=O) groups excluding carboxylic acids is 3. The Balaban J connectivity index is 2.91. The Bertz CT molecular complexity index is 644. The van der Waals surface area contributed by atoms with Crippen molar-refractivity contribution in [3.05, 3.63) is 17.8 Å². The van der Waals surface area contributed by atoms with E-state index < -0.39 is 18.0 Å². The van der Waals surface area contributed by atoms with E-state index in [9.17, 15) is 14.4 Å². The third kappa shape index (κ3) is 7.61. The number of nitrogens with zero attached hydrogens (tertiary/aromatic N) is 1. The molecule has 0 unspecified atom stereocenters. The molecule has 1 aromatic rings. The predicted molar refractivity (Wildman–Crippen MR) is 97.6 cm³/mol. The normalized spacial score (nSPS) is 10.4. The molecule has 0 saturated carbocycles. The van der Waals surface area contributed by atoms with Gasteiger partial charge >= 0.3 is 12.1 Å². The number of imide groups is 1. The van der Waals surface area contributed by atoms with Crippen molar-refractivity contribution in [2.45, 2.75) is 52.6 Å². The summed E-state index contributed by atoms with van der Waals surface area (Å²) in [7, 11) is 0. The number of pyridine rings is 1. The number of hydrogen-bond acceptors (Lipinski definition) is 8. The van der Waals surface area contributed by atoms with Gasteiger partial charge in [-0.2, -0.15) is 0 Å². The fourth-order valence-corrected chi connectivity index (χ4v) is 2.28. The molecule has 9 heteroatoms. The first-order valence-corrected chi connectivity index (χ1v) is 9.00. The average Bonchev–Trinajstić information content (AvgIpc) is 2.63. The number of rotatable bonds is 10. The second kappa shape index (κ2) is 11.8. The van der Waals surface area contributed by atoms with Crippen LogP contribution in [0.4, 0.5) is 4.79 Å². The van der Waals surface area contributed by atoms with Gasteiger partial charge in [-0.1, -0.05) is 26.7 Å². The molecule has 0 saturated heterocycles. The van der Waals surface area contributed by atoms with Crippen molar-refractivity contribution in [2.75, 3.05) is 13.2 Å². The molecular formula is C18H27N3O6. The Morgan fingerprint density at radius 1 is 1.19 bits per heavy atom. The van der Waals surface area contributed by atoms with Gasteiger partial charge in [0.1, 0.15) is 6.10 Å². The summed E-state index contributed by atoms with van der Waals surface area (Å²) in [6.07, 6.45) is 3.40. The molecule has 150 valence electrons. The maximum absolute atomic E-state index is 12.4. The minimum atomic E-state index is -1.04. The molecule has 0 radical (unpaired) electrons. The average molecular weight is 381 g/mol. The highest BCUT2D eigenvalue weighted by atomic mass is 16.6. The number of amides is 2. The van der Waals surface area contributed by atoms with E-state index in [1.807, 2.05) is 19.2 Å². The summed E-state index contributed by atoms with van der Waals surface area (Å²) >= 11 is 0. The zero-order chi connectivity index (χ0) is 20.2. The van der Waals surface area contributed by atoms with Crippen LogP contribution in [0.3, 0.4) is 0 Å². The highest BCUT2D eigenvalue weighted by molar-refractivity contribution is 5.93. The second-order valence-corrected chi connectivity index (χ2v) is 5.71. The fourth-order valence-electron chi connectivity index (χ4n) is 2.28. The molecule has 0 atom stereocenters. The Morgan fingerprint density at radius 3 is 2.41 bits per heavy atom. The predicted octanol–water partition coefficient (Wildman–Crippen LogP) is 2.18. The van der Waals surface area contributed by atoms with Crippen molar-refractivity contribution in [3.8, 4) is 11.6 Å². The topological polar surface area (TPSA) is 130 Å². The van der Waals surface area contributed by atoms with Crippen LogP contribution in [0.15, 0.2) is 12.3 Å². The van der Waals surface area contributed by atoms with E-state index in [1.54, 1.807) is 6.92 Å². The first kappa shape index (κ1) is 22.4. The Labute approximate surface area is 158 Å². The molecule has 0 spiro atoms. The molecule has 0 aliphatic rings. The lowest BCUT2D eigenvalue weighted by Gasteiger charge is -2.17. The molecule has 9 nitrogen and oxygen atoms in total. The van der Waals surface area contributed by atoms with E-state index in [4.69, 9.17) is 19.9 Å². The van der Waals surface area contributed by atoms with E-state index in [2.05, 4.69) is 4.98 Å². The molecule has 1 aromatic heterocycles. The highest BCUT2D eigenvalue weighted by Gasteiger charge is 2.20. The lowest BCUT2D eigenvalue weighted by Crippen LogP contribution is -2.37. The van der Waals surface area contributed by atoms with Gasteiger partial charge in [-0.25, -0.2) is 14.6 Å². The van der Waals surface area contributed by atoms with Gasteiger partial charge in [-0.15, -0.1) is 0 Å². The standard InChI is InChI=1S/C18H27N3O6/c1-4-7-13(8-5-2)26-17(23)12-9-14(25-6-3)16(20-11-12)27-18(24)21-15(22)10-19/h9,11,13H,4-8,10,19H2,1-3H3,(H,21,22,24). The van der Waals surface area contributed by atoms with Crippen molar-refractivity contribution in [2.24, 2.45) is 5.73 Å². The van der Waals surface area contributed by atoms with Crippen molar-refractivity contribution in [3.63, 3.8) is 0 Å². The highest BCUT2D eigenvalue weighted by Crippen LogP contribution is 2.26. The number of nitrogens with two attached hydrogens (primary N) is 1. The van der Waals surface area contributed by atoms with Crippen molar-refractivity contribution in [1.29, 1.82) is 0 Å². The number of esters is 1. The summed E-state index contributed by atoms with van der Waals surface area (Å²) in [6, 6.07) is 1.39. The fraction of sp³-hybridized carbons (Fsp3) is 0.556. The summed E-state index contributed by atoms with van der Waals surface area (Å²) in [6.45, 7) is 5.68. The van der Waals surface area contributed by atoms with Gasteiger partial charge in [0.15, 0.2) is 5.75 Å². The Hall–Kier alpha value is -2.68. The zero-order valence-electron chi connectivity index (χ0n) is 15.9. The molecule has 1 rings (SSSR count). The van der Waals surface area contributed by atoms with Gasteiger partial charge in [0, 0.05) is 12.3 Å². The minimum absolute atomic E-state index is 0.0878. The van der Waals surface area contributed by atoms with Gasteiger partial charge in [-0.05, 0) is 19.8 Å². The lowest BCUT2D eigenvalue weighted by atomic mass is 10.1. The third-order valence-corrected chi connectivity index (χ3v) is 3.47. The molecular weight excluding hydrogens is 354 g/mol. The Morgan fingerprint density at radius 2 is 1.85 bits per heavy atom.